The van der Waals surface area contributed by atoms with Crippen molar-refractivity contribution in [2.24, 2.45) is 0 Å². The number of likely N-dealkylation sites (tertiary alicyclic amines) is 1. The van der Waals surface area contributed by atoms with Gasteiger partial charge in [0.05, 0.1) is 7.11 Å². The number of hydrogen-bond acceptors (Lipinski definition) is 3. The van der Waals surface area contributed by atoms with Gasteiger partial charge < -0.3 is 15.0 Å². The highest BCUT2D eigenvalue weighted by atomic mass is 79.9. The number of nitrogens with zero attached hydrogens (tertiary/aromatic N) is 1. The Labute approximate surface area is 129 Å². The smallest absolute Gasteiger partial charge is 0.123 e. The molecule has 0 bridgehead atoms. The van der Waals surface area contributed by atoms with Crippen molar-refractivity contribution in [3.63, 3.8) is 0 Å². The highest BCUT2D eigenvalue weighted by Crippen LogP contribution is 2.29. The maximum Gasteiger partial charge on any atom is 0.123 e. The monoisotopic (exact) mass is 338 g/mol. The van der Waals surface area contributed by atoms with Gasteiger partial charge in [0.2, 0.25) is 0 Å². The highest BCUT2D eigenvalue weighted by molar-refractivity contribution is 9.10. The quantitative estimate of drug-likeness (QED) is 0.892. The molecule has 20 heavy (non-hydrogen) atoms. The lowest BCUT2D eigenvalue weighted by Crippen LogP contribution is -2.43. The van der Waals surface area contributed by atoms with Gasteiger partial charge in [0.25, 0.3) is 0 Å². The zero-order valence-electron chi connectivity index (χ0n) is 12.1. The minimum Gasteiger partial charge on any atom is -0.496 e. The maximum atomic E-state index is 5.43. The van der Waals surface area contributed by atoms with E-state index in [9.17, 15) is 0 Å². The van der Waals surface area contributed by atoms with Crippen LogP contribution in [-0.2, 0) is 6.54 Å². The lowest BCUT2D eigenvalue weighted by molar-refractivity contribution is 0.189. The zero-order chi connectivity index (χ0) is 13.9. The molecule has 1 aliphatic heterocycles. The second-order valence-electron chi connectivity index (χ2n) is 5.88. The Bertz CT molecular complexity index is 454. The Morgan fingerprint density at radius 1 is 1.25 bits per heavy atom. The largest absolute Gasteiger partial charge is 0.496 e. The average molecular weight is 339 g/mol. The van der Waals surface area contributed by atoms with Gasteiger partial charge in [0, 0.05) is 28.7 Å². The van der Waals surface area contributed by atoms with Crippen molar-refractivity contribution in [3.05, 3.63) is 28.2 Å². The minimum atomic E-state index is 0.647. The van der Waals surface area contributed by atoms with Crippen molar-refractivity contribution >= 4 is 15.9 Å². The molecule has 0 unspecified atom stereocenters. The number of rotatable bonds is 5. The van der Waals surface area contributed by atoms with Crippen LogP contribution >= 0.6 is 15.9 Å². The van der Waals surface area contributed by atoms with E-state index in [-0.39, 0.29) is 0 Å². The van der Waals surface area contributed by atoms with Crippen LogP contribution in [0.1, 0.15) is 31.2 Å². The lowest BCUT2D eigenvalue weighted by Gasteiger charge is -2.32. The molecule has 1 aromatic rings. The molecule has 2 fully saturated rings. The van der Waals surface area contributed by atoms with E-state index in [1.165, 1.54) is 44.3 Å². The summed E-state index contributed by atoms with van der Waals surface area (Å²) in [7, 11) is 1.74. The van der Waals surface area contributed by atoms with Crippen LogP contribution in [0, 0.1) is 0 Å². The molecule has 0 amide bonds. The van der Waals surface area contributed by atoms with Crippen LogP contribution in [0.2, 0.25) is 0 Å². The van der Waals surface area contributed by atoms with Gasteiger partial charge in [-0.2, -0.15) is 0 Å². The Morgan fingerprint density at radius 3 is 2.65 bits per heavy atom. The summed E-state index contributed by atoms with van der Waals surface area (Å²) >= 11 is 3.53. The van der Waals surface area contributed by atoms with Gasteiger partial charge in [-0.3, -0.25) is 0 Å². The molecule has 1 aromatic carbocycles. The second-order valence-corrected chi connectivity index (χ2v) is 6.79. The summed E-state index contributed by atoms with van der Waals surface area (Å²) in [5, 5.41) is 3.69. The van der Waals surface area contributed by atoms with Crippen LogP contribution in [0.3, 0.4) is 0 Å². The first-order chi connectivity index (χ1) is 9.76. The van der Waals surface area contributed by atoms with Gasteiger partial charge in [-0.05, 0) is 57.0 Å². The van der Waals surface area contributed by atoms with Crippen molar-refractivity contribution in [2.75, 3.05) is 20.2 Å². The summed E-state index contributed by atoms with van der Waals surface area (Å²) in [6.07, 6.45) is 5.39. The summed E-state index contributed by atoms with van der Waals surface area (Å²) in [6.45, 7) is 3.41. The molecule has 0 spiro atoms. The fraction of sp³-hybridized carbons (Fsp3) is 0.625. The van der Waals surface area contributed by atoms with E-state index in [0.29, 0.717) is 6.04 Å². The van der Waals surface area contributed by atoms with E-state index in [1.807, 2.05) is 12.1 Å². The predicted molar refractivity (Wildman–Crippen MR) is 85.2 cm³/mol. The average Bonchev–Trinajstić information content (AvgIpc) is 3.30. The summed E-state index contributed by atoms with van der Waals surface area (Å²) in [5.74, 6) is 0.969. The fourth-order valence-electron chi connectivity index (χ4n) is 3.05. The van der Waals surface area contributed by atoms with Gasteiger partial charge in [-0.1, -0.05) is 15.9 Å². The third-order valence-electron chi connectivity index (χ3n) is 4.42. The molecule has 0 atom stereocenters. The van der Waals surface area contributed by atoms with Gasteiger partial charge in [-0.25, -0.2) is 0 Å². The normalized spacial score (nSPS) is 21.1. The Morgan fingerprint density at radius 2 is 2.00 bits per heavy atom. The van der Waals surface area contributed by atoms with Crippen molar-refractivity contribution in [2.45, 2.75) is 44.3 Å². The SMILES string of the molecule is COc1ccc(Br)cc1CNC1CCN(C2CC2)CC1. The van der Waals surface area contributed by atoms with E-state index in [0.717, 1.165) is 22.8 Å². The van der Waals surface area contributed by atoms with Gasteiger partial charge >= 0.3 is 0 Å². The van der Waals surface area contributed by atoms with E-state index >= 15 is 0 Å². The summed E-state index contributed by atoms with van der Waals surface area (Å²) in [4.78, 5) is 2.66. The van der Waals surface area contributed by atoms with Crippen LogP contribution in [0.4, 0.5) is 0 Å². The van der Waals surface area contributed by atoms with E-state index < -0.39 is 0 Å². The highest BCUT2D eigenvalue weighted by Gasteiger charge is 2.31. The van der Waals surface area contributed by atoms with E-state index in [1.54, 1.807) is 7.11 Å². The van der Waals surface area contributed by atoms with Crippen molar-refractivity contribution < 1.29 is 4.74 Å². The Hall–Kier alpha value is -0.580. The molecule has 0 radical (unpaired) electrons. The zero-order valence-corrected chi connectivity index (χ0v) is 13.7. The predicted octanol–water partition coefficient (Wildman–Crippen LogP) is 3.17. The molecule has 1 aliphatic carbocycles. The fourth-order valence-corrected chi connectivity index (χ4v) is 3.46. The van der Waals surface area contributed by atoms with Crippen LogP contribution in [0.5, 0.6) is 5.75 Å². The van der Waals surface area contributed by atoms with Gasteiger partial charge in [0.1, 0.15) is 5.75 Å². The maximum absolute atomic E-state index is 5.43. The molecule has 1 saturated heterocycles. The molecule has 110 valence electrons. The molecule has 3 rings (SSSR count). The van der Waals surface area contributed by atoms with Crippen molar-refractivity contribution in [1.29, 1.82) is 0 Å². The minimum absolute atomic E-state index is 0.647. The molecule has 2 aliphatic rings. The first-order valence-electron chi connectivity index (χ1n) is 7.56. The Kier molecular flexibility index (Phi) is 4.64. The molecule has 0 aromatic heterocycles. The number of ether oxygens (including phenoxy) is 1. The lowest BCUT2D eigenvalue weighted by atomic mass is 10.0. The molecule has 1 N–H and O–H groups in total. The summed E-state index contributed by atoms with van der Waals surface area (Å²) in [6, 6.07) is 7.76. The third kappa shape index (κ3) is 3.54. The number of halogens is 1. The third-order valence-corrected chi connectivity index (χ3v) is 4.91. The number of methoxy groups -OCH3 is 1. The molecule has 4 heteroatoms. The van der Waals surface area contributed by atoms with Crippen molar-refractivity contribution in [1.82, 2.24) is 10.2 Å². The molecule has 1 heterocycles. The number of benzene rings is 1. The van der Waals surface area contributed by atoms with Gasteiger partial charge in [-0.15, -0.1) is 0 Å². The Balaban J connectivity index is 1.50. The molecular weight excluding hydrogens is 316 g/mol. The number of nitrogens with one attached hydrogen (secondary N) is 1. The van der Waals surface area contributed by atoms with E-state index in [2.05, 4.69) is 32.2 Å². The number of piperidine rings is 1. The van der Waals surface area contributed by atoms with Gasteiger partial charge in [0.15, 0.2) is 0 Å². The number of hydrogen-bond donors (Lipinski definition) is 1. The van der Waals surface area contributed by atoms with Crippen LogP contribution < -0.4 is 10.1 Å². The topological polar surface area (TPSA) is 24.5 Å². The summed E-state index contributed by atoms with van der Waals surface area (Å²) in [5.41, 5.74) is 1.23. The first kappa shape index (κ1) is 14.4. The standard InChI is InChI=1S/C16H23BrN2O/c1-20-16-5-2-13(17)10-12(16)11-18-14-6-8-19(9-7-14)15-3-4-15/h2,5,10,14-15,18H,3-4,6-9,11H2,1H3. The molecule has 1 saturated carbocycles. The van der Waals surface area contributed by atoms with Crippen LogP contribution in [0.25, 0.3) is 0 Å². The first-order valence-corrected chi connectivity index (χ1v) is 8.35. The van der Waals surface area contributed by atoms with Crippen LogP contribution in [-0.4, -0.2) is 37.2 Å². The molecule has 3 nitrogen and oxygen atoms in total. The van der Waals surface area contributed by atoms with Crippen molar-refractivity contribution in [3.8, 4) is 5.75 Å². The second kappa shape index (κ2) is 6.46. The van der Waals surface area contributed by atoms with Crippen LogP contribution in [0.15, 0.2) is 22.7 Å². The van der Waals surface area contributed by atoms with E-state index in [4.69, 9.17) is 4.74 Å². The molecular formula is C16H23BrN2O. The summed E-state index contributed by atoms with van der Waals surface area (Å²) < 4.78 is 6.54.